The van der Waals surface area contributed by atoms with E-state index >= 15 is 0 Å². The Morgan fingerprint density at radius 3 is 2.69 bits per heavy atom. The van der Waals surface area contributed by atoms with Crippen molar-refractivity contribution in [1.29, 1.82) is 0 Å². The molecule has 4 unspecified atom stereocenters. The van der Waals surface area contributed by atoms with Crippen molar-refractivity contribution in [2.75, 3.05) is 47.8 Å². The zero-order valence-corrected chi connectivity index (χ0v) is 22.7. The molecular formula is C29H37NO9. The molecule has 1 saturated heterocycles. The molecule has 212 valence electrons. The van der Waals surface area contributed by atoms with Crippen LogP contribution in [0.3, 0.4) is 0 Å². The van der Waals surface area contributed by atoms with Gasteiger partial charge in [-0.1, -0.05) is 12.2 Å². The molecule has 1 aliphatic carbocycles. The molecule has 1 aromatic carbocycles. The van der Waals surface area contributed by atoms with Crippen molar-refractivity contribution in [3.8, 4) is 11.5 Å². The maximum Gasteiger partial charge on any atom is 0.339 e. The molecule has 0 spiro atoms. The van der Waals surface area contributed by atoms with Crippen LogP contribution in [0.5, 0.6) is 11.5 Å². The van der Waals surface area contributed by atoms with Gasteiger partial charge >= 0.3 is 11.9 Å². The fourth-order valence-electron chi connectivity index (χ4n) is 6.38. The van der Waals surface area contributed by atoms with E-state index < -0.39 is 30.1 Å². The van der Waals surface area contributed by atoms with Gasteiger partial charge in [0.25, 0.3) is 0 Å². The summed E-state index contributed by atoms with van der Waals surface area (Å²) in [5.74, 6) is 0.249. The fourth-order valence-corrected chi connectivity index (χ4v) is 6.38. The molecule has 0 aromatic heterocycles. The van der Waals surface area contributed by atoms with E-state index in [1.165, 1.54) is 7.11 Å². The molecule has 3 heterocycles. The zero-order chi connectivity index (χ0) is 27.6. The van der Waals surface area contributed by atoms with Crippen LogP contribution in [0.15, 0.2) is 36.1 Å². The van der Waals surface area contributed by atoms with Crippen LogP contribution in [0.2, 0.25) is 0 Å². The summed E-state index contributed by atoms with van der Waals surface area (Å²) in [6, 6.07) is 4.11. The summed E-state index contributed by atoms with van der Waals surface area (Å²) >= 11 is 0. The molecule has 10 heteroatoms. The highest BCUT2D eigenvalue weighted by molar-refractivity contribution is 5.86. The number of carbonyl (C=O) groups excluding carboxylic acids is 2. The van der Waals surface area contributed by atoms with Crippen molar-refractivity contribution in [2.24, 2.45) is 5.92 Å². The van der Waals surface area contributed by atoms with Gasteiger partial charge in [-0.2, -0.15) is 0 Å². The topological polar surface area (TPSA) is 113 Å². The second-order valence-corrected chi connectivity index (χ2v) is 10.5. The second-order valence-electron chi connectivity index (χ2n) is 10.5. The standard InChI is InChI=1S/C29H37NO9/c1-34-12-5-4-9-29(33,16-24(31)36-3)28(32)39-27-23(35-2)14-19-7-6-10-30-11-8-18-13-21-22(38-17-37-21)15-20(18)25(27)26(19)30/h4-5,13-15,19,25-27,33H,6-12,16-17H2,1-3H3/b5-4+/t19?,25-,26?,27?,29?/m0/s1. The first kappa shape index (κ1) is 27.5. The second kappa shape index (κ2) is 11.6. The normalized spacial score (nSPS) is 27.0. The number of piperidine rings is 1. The maximum atomic E-state index is 13.7. The third-order valence-corrected chi connectivity index (χ3v) is 8.26. The largest absolute Gasteiger partial charge is 0.497 e. The van der Waals surface area contributed by atoms with Crippen LogP contribution in [0.25, 0.3) is 0 Å². The average Bonchev–Trinajstić information content (AvgIpc) is 3.33. The highest BCUT2D eigenvalue weighted by atomic mass is 16.7. The first-order chi connectivity index (χ1) is 18.9. The lowest BCUT2D eigenvalue weighted by Crippen LogP contribution is -2.55. The lowest BCUT2D eigenvalue weighted by atomic mass is 9.71. The predicted molar refractivity (Wildman–Crippen MR) is 139 cm³/mol. The zero-order valence-electron chi connectivity index (χ0n) is 22.7. The summed E-state index contributed by atoms with van der Waals surface area (Å²) in [6.45, 7) is 2.29. The van der Waals surface area contributed by atoms with Crippen LogP contribution >= 0.6 is 0 Å². The van der Waals surface area contributed by atoms with Gasteiger partial charge in [-0.3, -0.25) is 9.69 Å². The highest BCUT2D eigenvalue weighted by Gasteiger charge is 2.51. The van der Waals surface area contributed by atoms with Crippen LogP contribution in [-0.4, -0.2) is 87.5 Å². The lowest BCUT2D eigenvalue weighted by Gasteiger charge is -2.48. The molecule has 5 atom stereocenters. The number of ether oxygens (including phenoxy) is 6. The smallest absolute Gasteiger partial charge is 0.339 e. The van der Waals surface area contributed by atoms with E-state index in [1.807, 2.05) is 12.1 Å². The SMILES string of the molecule is COC/C=C/CC(O)(CC(=O)OC)C(=O)OC1C(OC)=CC2CCCN3CCc4cc5c(cc4[C@H]1C23)OCO5. The third-order valence-electron chi connectivity index (χ3n) is 8.26. The minimum absolute atomic E-state index is 0.0763. The van der Waals surface area contributed by atoms with Crippen molar-refractivity contribution in [3.63, 3.8) is 0 Å². The molecule has 5 rings (SSSR count). The Bertz CT molecular complexity index is 1150. The van der Waals surface area contributed by atoms with Gasteiger partial charge in [-0.25, -0.2) is 4.79 Å². The Morgan fingerprint density at radius 2 is 1.95 bits per heavy atom. The first-order valence-corrected chi connectivity index (χ1v) is 13.4. The van der Waals surface area contributed by atoms with Crippen LogP contribution in [0, 0.1) is 5.92 Å². The molecule has 0 saturated carbocycles. The monoisotopic (exact) mass is 543 g/mol. The molecule has 0 bridgehead atoms. The third kappa shape index (κ3) is 5.37. The molecule has 0 radical (unpaired) electrons. The number of aliphatic hydroxyl groups is 1. The number of fused-ring (bicyclic) bond motifs is 3. The predicted octanol–water partition coefficient (Wildman–Crippen LogP) is 2.48. The van der Waals surface area contributed by atoms with Crippen molar-refractivity contribution >= 4 is 11.9 Å². The number of rotatable bonds is 9. The Morgan fingerprint density at radius 1 is 1.15 bits per heavy atom. The van der Waals surface area contributed by atoms with Gasteiger partial charge in [0.05, 0.1) is 27.2 Å². The summed E-state index contributed by atoms with van der Waals surface area (Å²) in [7, 11) is 4.32. The quantitative estimate of drug-likeness (QED) is 0.368. The van der Waals surface area contributed by atoms with E-state index in [0.717, 1.165) is 43.5 Å². The summed E-state index contributed by atoms with van der Waals surface area (Å²) in [4.78, 5) is 28.4. The van der Waals surface area contributed by atoms with Crippen LogP contribution in [0.1, 0.15) is 42.7 Å². The van der Waals surface area contributed by atoms with Crippen molar-refractivity contribution < 1.29 is 43.1 Å². The molecule has 1 N–H and O–H groups in total. The van der Waals surface area contributed by atoms with Gasteiger partial charge in [0.2, 0.25) is 6.79 Å². The Balaban J connectivity index is 1.54. The highest BCUT2D eigenvalue weighted by Crippen LogP contribution is 2.49. The molecule has 0 amide bonds. The average molecular weight is 544 g/mol. The van der Waals surface area contributed by atoms with Crippen molar-refractivity contribution in [1.82, 2.24) is 4.90 Å². The van der Waals surface area contributed by atoms with Gasteiger partial charge in [0.15, 0.2) is 23.2 Å². The number of methoxy groups -OCH3 is 3. The van der Waals surface area contributed by atoms with E-state index in [2.05, 4.69) is 11.0 Å². The molecule has 39 heavy (non-hydrogen) atoms. The number of hydrogen-bond acceptors (Lipinski definition) is 10. The number of esters is 2. The first-order valence-electron chi connectivity index (χ1n) is 13.4. The van der Waals surface area contributed by atoms with E-state index in [0.29, 0.717) is 23.9 Å². The van der Waals surface area contributed by atoms with Crippen molar-refractivity contribution in [2.45, 2.75) is 55.8 Å². The Labute approximate surface area is 228 Å². The minimum Gasteiger partial charge on any atom is -0.497 e. The van der Waals surface area contributed by atoms with Crippen molar-refractivity contribution in [3.05, 3.63) is 47.2 Å². The summed E-state index contributed by atoms with van der Waals surface area (Å²) in [6.07, 6.45) is 6.74. The van der Waals surface area contributed by atoms with Crippen LogP contribution in [-0.2, 0) is 35.0 Å². The molecule has 3 aliphatic heterocycles. The van der Waals surface area contributed by atoms with E-state index in [1.54, 1.807) is 26.4 Å². The lowest BCUT2D eigenvalue weighted by molar-refractivity contribution is -0.178. The summed E-state index contributed by atoms with van der Waals surface area (Å²) in [5.41, 5.74) is 0.0144. The van der Waals surface area contributed by atoms with Gasteiger partial charge in [-0.05, 0) is 61.1 Å². The van der Waals surface area contributed by atoms with Crippen LogP contribution in [0.4, 0.5) is 0 Å². The van der Waals surface area contributed by atoms with Crippen LogP contribution < -0.4 is 9.47 Å². The summed E-state index contributed by atoms with van der Waals surface area (Å²) in [5, 5.41) is 11.4. The Kier molecular flexibility index (Phi) is 8.16. The molecule has 10 nitrogen and oxygen atoms in total. The number of benzene rings is 1. The number of hydrogen-bond donors (Lipinski definition) is 1. The summed E-state index contributed by atoms with van der Waals surface area (Å²) < 4.78 is 33.2. The van der Waals surface area contributed by atoms with Gasteiger partial charge < -0.3 is 33.5 Å². The molecular weight excluding hydrogens is 506 g/mol. The van der Waals surface area contributed by atoms with Gasteiger partial charge in [0, 0.05) is 32.0 Å². The Hall–Kier alpha value is -3.08. The molecule has 1 fully saturated rings. The van der Waals surface area contributed by atoms with E-state index in [-0.39, 0.29) is 31.1 Å². The van der Waals surface area contributed by atoms with Gasteiger partial charge in [0.1, 0.15) is 5.76 Å². The number of carbonyl (C=O) groups is 2. The maximum absolute atomic E-state index is 13.7. The number of nitrogens with zero attached hydrogens (tertiary/aromatic N) is 1. The van der Waals surface area contributed by atoms with E-state index in [9.17, 15) is 14.7 Å². The molecule has 4 aliphatic rings. The fraction of sp³-hybridized carbons (Fsp3) is 0.586. The minimum atomic E-state index is -2.12. The molecule has 1 aromatic rings. The van der Waals surface area contributed by atoms with E-state index in [4.69, 9.17) is 28.4 Å². The van der Waals surface area contributed by atoms with Gasteiger partial charge in [-0.15, -0.1) is 0 Å².